The first kappa shape index (κ1) is 15.4. The van der Waals surface area contributed by atoms with Gasteiger partial charge in [0.25, 0.3) is 0 Å². The number of carbonyl (C=O) groups excluding carboxylic acids is 1. The molecule has 5 heteroatoms. The van der Waals surface area contributed by atoms with Crippen molar-refractivity contribution in [2.75, 3.05) is 19.7 Å². The molecule has 2 saturated carbocycles. The van der Waals surface area contributed by atoms with Crippen LogP contribution in [0.25, 0.3) is 0 Å². The molecule has 2 aliphatic heterocycles. The molecule has 1 N–H and O–H groups in total. The zero-order valence-corrected chi connectivity index (χ0v) is 13.7. The van der Waals surface area contributed by atoms with Crippen molar-refractivity contribution < 1.29 is 19.4 Å². The summed E-state index contributed by atoms with van der Waals surface area (Å²) in [5.41, 5.74) is 0.372. The lowest BCUT2D eigenvalue weighted by Gasteiger charge is -2.36. The third-order valence-corrected chi connectivity index (χ3v) is 6.86. The number of carbonyl (C=O) groups is 2. The SMILES string of the molecule is O=C(O)C1CCO[C@H]1C1CCN(C(=O)C2CC23CCCC3)CC1. The van der Waals surface area contributed by atoms with Crippen LogP contribution in [0.15, 0.2) is 0 Å². The Morgan fingerprint density at radius 2 is 1.78 bits per heavy atom. The molecule has 4 aliphatic rings. The lowest BCUT2D eigenvalue weighted by molar-refractivity contribution is -0.146. The minimum Gasteiger partial charge on any atom is -0.481 e. The highest BCUT2D eigenvalue weighted by atomic mass is 16.5. The van der Waals surface area contributed by atoms with Gasteiger partial charge in [0.15, 0.2) is 0 Å². The second-order valence-electron chi connectivity index (χ2n) is 8.06. The molecule has 0 bridgehead atoms. The average Bonchev–Trinajstić information content (AvgIpc) is 2.94. The van der Waals surface area contributed by atoms with Crippen molar-refractivity contribution in [3.8, 4) is 0 Å². The number of nitrogens with zero attached hydrogens (tertiary/aromatic N) is 1. The molecule has 4 fully saturated rings. The number of aliphatic carboxylic acids is 1. The number of likely N-dealkylation sites (tertiary alicyclic amines) is 1. The smallest absolute Gasteiger partial charge is 0.309 e. The van der Waals surface area contributed by atoms with Gasteiger partial charge in [-0.3, -0.25) is 9.59 Å². The van der Waals surface area contributed by atoms with Crippen LogP contribution in [0.3, 0.4) is 0 Å². The summed E-state index contributed by atoms with van der Waals surface area (Å²) < 4.78 is 5.71. The molecular formula is C18H27NO4. The summed E-state index contributed by atoms with van der Waals surface area (Å²) >= 11 is 0. The van der Waals surface area contributed by atoms with Gasteiger partial charge in [0.2, 0.25) is 5.91 Å². The lowest BCUT2D eigenvalue weighted by atomic mass is 9.84. The molecule has 1 amide bonds. The summed E-state index contributed by atoms with van der Waals surface area (Å²) in [6, 6.07) is 0. The fourth-order valence-electron chi connectivity index (χ4n) is 5.34. The van der Waals surface area contributed by atoms with E-state index >= 15 is 0 Å². The zero-order chi connectivity index (χ0) is 16.0. The topological polar surface area (TPSA) is 66.8 Å². The van der Waals surface area contributed by atoms with E-state index in [-0.39, 0.29) is 17.9 Å². The van der Waals surface area contributed by atoms with E-state index in [4.69, 9.17) is 4.74 Å². The molecule has 4 rings (SSSR count). The predicted octanol–water partition coefficient (Wildman–Crippen LogP) is 2.29. The van der Waals surface area contributed by atoms with E-state index in [1.165, 1.54) is 25.7 Å². The molecule has 0 aromatic rings. The quantitative estimate of drug-likeness (QED) is 0.866. The number of carboxylic acid groups (broad SMARTS) is 1. The Balaban J connectivity index is 1.31. The summed E-state index contributed by atoms with van der Waals surface area (Å²) in [6.07, 6.45) is 8.45. The van der Waals surface area contributed by atoms with Crippen LogP contribution in [0.1, 0.15) is 51.4 Å². The molecule has 2 unspecified atom stereocenters. The van der Waals surface area contributed by atoms with Gasteiger partial charge in [0, 0.05) is 25.6 Å². The second-order valence-corrected chi connectivity index (χ2v) is 8.06. The van der Waals surface area contributed by atoms with E-state index in [2.05, 4.69) is 0 Å². The van der Waals surface area contributed by atoms with Gasteiger partial charge in [-0.25, -0.2) is 0 Å². The first-order valence-electron chi connectivity index (χ1n) is 9.24. The van der Waals surface area contributed by atoms with E-state index in [9.17, 15) is 14.7 Å². The van der Waals surface area contributed by atoms with Crippen LogP contribution in [0.4, 0.5) is 0 Å². The van der Waals surface area contributed by atoms with Crippen LogP contribution >= 0.6 is 0 Å². The Kier molecular flexibility index (Phi) is 3.87. The molecule has 0 radical (unpaired) electrons. The fraction of sp³-hybridized carbons (Fsp3) is 0.889. The van der Waals surface area contributed by atoms with Gasteiger partial charge in [0.1, 0.15) is 0 Å². The summed E-state index contributed by atoms with van der Waals surface area (Å²) in [5.74, 6) is -0.134. The molecule has 2 heterocycles. The number of amides is 1. The Bertz CT molecular complexity index is 491. The second kappa shape index (κ2) is 5.76. The summed E-state index contributed by atoms with van der Waals surface area (Å²) in [7, 11) is 0. The van der Waals surface area contributed by atoms with E-state index < -0.39 is 5.97 Å². The van der Waals surface area contributed by atoms with Gasteiger partial charge in [-0.2, -0.15) is 0 Å². The number of hydrogen-bond donors (Lipinski definition) is 1. The van der Waals surface area contributed by atoms with Crippen LogP contribution in [0, 0.1) is 23.2 Å². The zero-order valence-electron chi connectivity index (χ0n) is 13.7. The predicted molar refractivity (Wildman–Crippen MR) is 83.8 cm³/mol. The Morgan fingerprint density at radius 3 is 2.43 bits per heavy atom. The minimum atomic E-state index is -0.729. The van der Waals surface area contributed by atoms with E-state index in [0.717, 1.165) is 32.4 Å². The van der Waals surface area contributed by atoms with Crippen molar-refractivity contribution in [2.45, 2.75) is 57.5 Å². The van der Waals surface area contributed by atoms with Crippen LogP contribution in [0.5, 0.6) is 0 Å². The first-order chi connectivity index (χ1) is 11.1. The molecule has 128 valence electrons. The monoisotopic (exact) mass is 321 g/mol. The van der Waals surface area contributed by atoms with Crippen LogP contribution in [-0.2, 0) is 14.3 Å². The maximum atomic E-state index is 12.7. The van der Waals surface area contributed by atoms with Crippen molar-refractivity contribution in [1.82, 2.24) is 4.90 Å². The van der Waals surface area contributed by atoms with Gasteiger partial charge in [-0.15, -0.1) is 0 Å². The number of hydrogen-bond acceptors (Lipinski definition) is 3. The van der Waals surface area contributed by atoms with Crippen molar-refractivity contribution in [1.29, 1.82) is 0 Å². The molecule has 2 aliphatic carbocycles. The molecule has 5 nitrogen and oxygen atoms in total. The highest BCUT2D eigenvalue weighted by Crippen LogP contribution is 2.63. The Morgan fingerprint density at radius 1 is 1.09 bits per heavy atom. The summed E-state index contributed by atoms with van der Waals surface area (Å²) in [6.45, 7) is 2.12. The maximum Gasteiger partial charge on any atom is 0.309 e. The molecule has 23 heavy (non-hydrogen) atoms. The van der Waals surface area contributed by atoms with Crippen molar-refractivity contribution in [3.05, 3.63) is 0 Å². The largest absolute Gasteiger partial charge is 0.481 e. The van der Waals surface area contributed by atoms with Gasteiger partial charge in [-0.05, 0) is 49.9 Å². The molecule has 3 atom stereocenters. The third-order valence-electron chi connectivity index (χ3n) is 6.86. The first-order valence-corrected chi connectivity index (χ1v) is 9.24. The molecule has 0 aromatic carbocycles. The Hall–Kier alpha value is -1.10. The third kappa shape index (κ3) is 2.67. The lowest BCUT2D eigenvalue weighted by Crippen LogP contribution is -2.44. The maximum absolute atomic E-state index is 12.7. The summed E-state index contributed by atoms with van der Waals surface area (Å²) in [4.78, 5) is 26.1. The normalized spacial score (nSPS) is 36.5. The highest BCUT2D eigenvalue weighted by molar-refractivity contribution is 5.83. The summed E-state index contributed by atoms with van der Waals surface area (Å²) in [5, 5.41) is 9.31. The fourth-order valence-corrected chi connectivity index (χ4v) is 5.34. The van der Waals surface area contributed by atoms with Gasteiger partial charge >= 0.3 is 5.97 Å². The van der Waals surface area contributed by atoms with Crippen LogP contribution in [0.2, 0.25) is 0 Å². The standard InChI is InChI=1S/C18H27NO4/c20-16(14-11-18(14)6-1-2-7-18)19-8-3-12(4-9-19)15-13(17(21)22)5-10-23-15/h12-15H,1-11H2,(H,21,22)/t13?,14?,15-/m0/s1. The number of rotatable bonds is 3. The number of piperidine rings is 1. The van der Waals surface area contributed by atoms with Crippen LogP contribution in [-0.4, -0.2) is 47.7 Å². The van der Waals surface area contributed by atoms with Gasteiger partial charge < -0.3 is 14.7 Å². The van der Waals surface area contributed by atoms with Crippen molar-refractivity contribution in [2.24, 2.45) is 23.2 Å². The van der Waals surface area contributed by atoms with Crippen molar-refractivity contribution >= 4 is 11.9 Å². The van der Waals surface area contributed by atoms with Gasteiger partial charge in [-0.1, -0.05) is 12.8 Å². The van der Waals surface area contributed by atoms with E-state index in [1.807, 2.05) is 4.90 Å². The minimum absolute atomic E-state index is 0.146. The number of carboxylic acids is 1. The molecule has 0 aromatic heterocycles. The van der Waals surface area contributed by atoms with E-state index in [1.54, 1.807) is 0 Å². The van der Waals surface area contributed by atoms with Gasteiger partial charge in [0.05, 0.1) is 12.0 Å². The Labute approximate surface area is 137 Å². The molecule has 2 saturated heterocycles. The molecule has 1 spiro atoms. The van der Waals surface area contributed by atoms with Crippen LogP contribution < -0.4 is 0 Å². The molecular weight excluding hydrogens is 294 g/mol. The van der Waals surface area contributed by atoms with Crippen molar-refractivity contribution in [3.63, 3.8) is 0 Å². The average molecular weight is 321 g/mol. The number of ether oxygens (including phenoxy) is 1. The highest BCUT2D eigenvalue weighted by Gasteiger charge is 2.59. The van der Waals surface area contributed by atoms with E-state index in [0.29, 0.717) is 30.3 Å².